The second-order valence-corrected chi connectivity index (χ2v) is 3.79. The normalized spacial score (nSPS) is 11.5. The third kappa shape index (κ3) is 3.38. The van der Waals surface area contributed by atoms with Crippen LogP contribution in [0.2, 0.25) is 0 Å². The highest BCUT2D eigenvalue weighted by Gasteiger charge is 2.27. The van der Waals surface area contributed by atoms with Crippen LogP contribution in [0.5, 0.6) is 0 Å². The quantitative estimate of drug-likeness (QED) is 0.834. The molecule has 1 aromatic rings. The fraction of sp³-hybridized carbons (Fsp3) is 0.417. The predicted octanol–water partition coefficient (Wildman–Crippen LogP) is 2.13. The Labute approximate surface area is 93.7 Å². The van der Waals surface area contributed by atoms with Gasteiger partial charge in [-0.3, -0.25) is 4.79 Å². The maximum Gasteiger partial charge on any atom is 0.270 e. The summed E-state index contributed by atoms with van der Waals surface area (Å²) in [6.45, 7) is 1.04. The van der Waals surface area contributed by atoms with Gasteiger partial charge in [-0.05, 0) is 12.6 Å². The molecule has 0 saturated carbocycles. The zero-order valence-electron chi connectivity index (χ0n) is 9.39. The topological polar surface area (TPSA) is 29.1 Å². The maximum atomic E-state index is 13.2. The summed E-state index contributed by atoms with van der Waals surface area (Å²) in [7, 11) is 1.65. The lowest BCUT2D eigenvalue weighted by Crippen LogP contribution is -2.21. The summed E-state index contributed by atoms with van der Waals surface area (Å²) in [5, 5.41) is 2.71. The first-order chi connectivity index (χ1) is 7.45. The van der Waals surface area contributed by atoms with Gasteiger partial charge in [0.25, 0.3) is 5.92 Å². The molecule has 0 aliphatic heterocycles. The summed E-state index contributed by atoms with van der Waals surface area (Å²) in [5.74, 6) is -3.00. The largest absolute Gasteiger partial charge is 0.313 e. The molecule has 88 valence electrons. The molecule has 1 N–H and O–H groups in total. The second-order valence-electron chi connectivity index (χ2n) is 3.79. The zero-order valence-corrected chi connectivity index (χ0v) is 9.39. The summed E-state index contributed by atoms with van der Waals surface area (Å²) in [6.07, 6.45) is 0.0421. The highest BCUT2D eigenvalue weighted by molar-refractivity contribution is 5.83. The molecule has 0 atom stereocenters. The second kappa shape index (κ2) is 5.16. The average Bonchev–Trinajstić information content (AvgIpc) is 2.17. The molecule has 1 aromatic carbocycles. The van der Waals surface area contributed by atoms with E-state index in [1.165, 1.54) is 6.07 Å². The molecular weight excluding hydrogens is 212 g/mol. The highest BCUT2D eigenvalue weighted by Crippen LogP contribution is 2.29. The molecule has 0 fully saturated rings. The summed E-state index contributed by atoms with van der Waals surface area (Å²) in [6, 6.07) is 6.15. The fourth-order valence-corrected chi connectivity index (χ4v) is 1.57. The molecule has 1 rings (SSSR count). The lowest BCUT2D eigenvalue weighted by atomic mass is 9.98. The Hall–Kier alpha value is -1.29. The standard InChI is InChI=1S/C12H15F2NO/c1-12(13,14)11-6-4-3-5-9(11)7-10(16)8-15-2/h3-6,15H,7-8H2,1-2H3. The maximum absolute atomic E-state index is 13.2. The van der Waals surface area contributed by atoms with Gasteiger partial charge in [0.1, 0.15) is 0 Å². The van der Waals surface area contributed by atoms with Crippen LogP contribution in [0.4, 0.5) is 8.78 Å². The van der Waals surface area contributed by atoms with Gasteiger partial charge in [0.05, 0.1) is 6.54 Å². The number of hydrogen-bond donors (Lipinski definition) is 1. The van der Waals surface area contributed by atoms with Crippen LogP contribution in [-0.2, 0) is 17.1 Å². The van der Waals surface area contributed by atoms with Gasteiger partial charge in [-0.1, -0.05) is 24.3 Å². The number of hydrogen-bond acceptors (Lipinski definition) is 2. The Balaban J connectivity index is 2.92. The van der Waals surface area contributed by atoms with E-state index in [0.29, 0.717) is 5.56 Å². The van der Waals surface area contributed by atoms with Crippen LogP contribution in [0.1, 0.15) is 18.1 Å². The van der Waals surface area contributed by atoms with Crippen LogP contribution in [0.15, 0.2) is 24.3 Å². The average molecular weight is 227 g/mol. The molecule has 4 heteroatoms. The van der Waals surface area contributed by atoms with Crippen LogP contribution in [0.25, 0.3) is 0 Å². The Morgan fingerprint density at radius 2 is 2.00 bits per heavy atom. The molecular formula is C12H15F2NO. The number of benzene rings is 1. The van der Waals surface area contributed by atoms with Crippen LogP contribution in [-0.4, -0.2) is 19.4 Å². The van der Waals surface area contributed by atoms with Crippen molar-refractivity contribution in [1.29, 1.82) is 0 Å². The molecule has 16 heavy (non-hydrogen) atoms. The van der Waals surface area contributed by atoms with Crippen molar-refractivity contribution in [3.05, 3.63) is 35.4 Å². The number of nitrogens with one attached hydrogen (secondary N) is 1. The number of ketones is 1. The van der Waals surface area contributed by atoms with E-state index < -0.39 is 5.92 Å². The van der Waals surface area contributed by atoms with Crippen LogP contribution < -0.4 is 5.32 Å². The van der Waals surface area contributed by atoms with E-state index in [1.807, 2.05) is 0 Å². The molecule has 0 heterocycles. The van der Waals surface area contributed by atoms with E-state index in [0.717, 1.165) is 6.92 Å². The Morgan fingerprint density at radius 3 is 2.56 bits per heavy atom. The number of Topliss-reactive ketones (excluding diaryl/α,β-unsaturated/α-hetero) is 1. The van der Waals surface area contributed by atoms with Gasteiger partial charge in [0.15, 0.2) is 5.78 Å². The predicted molar refractivity (Wildman–Crippen MR) is 58.6 cm³/mol. The van der Waals surface area contributed by atoms with Crippen molar-refractivity contribution in [2.45, 2.75) is 19.3 Å². The van der Waals surface area contributed by atoms with Crippen molar-refractivity contribution >= 4 is 5.78 Å². The lowest BCUT2D eigenvalue weighted by Gasteiger charge is -2.15. The molecule has 0 unspecified atom stereocenters. The van der Waals surface area contributed by atoms with Crippen LogP contribution in [0.3, 0.4) is 0 Å². The van der Waals surface area contributed by atoms with Crippen molar-refractivity contribution in [2.24, 2.45) is 0 Å². The number of carbonyl (C=O) groups excluding carboxylic acids is 1. The smallest absolute Gasteiger partial charge is 0.270 e. The number of rotatable bonds is 5. The minimum absolute atomic E-state index is 0.0421. The van der Waals surface area contributed by atoms with E-state index in [9.17, 15) is 13.6 Å². The summed E-state index contributed by atoms with van der Waals surface area (Å²) in [5.41, 5.74) is 0.328. The minimum Gasteiger partial charge on any atom is -0.313 e. The number of alkyl halides is 2. The van der Waals surface area contributed by atoms with Gasteiger partial charge in [0.2, 0.25) is 0 Å². The highest BCUT2D eigenvalue weighted by atomic mass is 19.3. The molecule has 0 aliphatic carbocycles. The summed E-state index contributed by atoms with van der Waals surface area (Å²) < 4.78 is 26.4. The van der Waals surface area contributed by atoms with E-state index in [2.05, 4.69) is 5.32 Å². The number of likely N-dealkylation sites (N-methyl/N-ethyl adjacent to an activating group) is 1. The molecule has 0 bridgehead atoms. The van der Waals surface area contributed by atoms with E-state index in [4.69, 9.17) is 0 Å². The monoisotopic (exact) mass is 227 g/mol. The van der Waals surface area contributed by atoms with E-state index >= 15 is 0 Å². The zero-order chi connectivity index (χ0) is 12.2. The molecule has 0 aliphatic rings. The van der Waals surface area contributed by atoms with E-state index in [1.54, 1.807) is 25.2 Å². The van der Waals surface area contributed by atoms with Gasteiger partial charge in [-0.2, -0.15) is 0 Å². The van der Waals surface area contributed by atoms with Crippen molar-refractivity contribution < 1.29 is 13.6 Å². The molecule has 0 saturated heterocycles. The van der Waals surface area contributed by atoms with Gasteiger partial charge >= 0.3 is 0 Å². The SMILES string of the molecule is CNCC(=O)Cc1ccccc1C(C)(F)F. The summed E-state index contributed by atoms with van der Waals surface area (Å²) >= 11 is 0. The van der Waals surface area contributed by atoms with Crippen LogP contribution in [0, 0.1) is 0 Å². The first kappa shape index (κ1) is 12.8. The van der Waals surface area contributed by atoms with Gasteiger partial charge in [0, 0.05) is 18.9 Å². The molecule has 0 spiro atoms. The Morgan fingerprint density at radius 1 is 1.38 bits per heavy atom. The molecule has 0 amide bonds. The van der Waals surface area contributed by atoms with Crippen LogP contribution >= 0.6 is 0 Å². The molecule has 0 radical (unpaired) electrons. The first-order valence-corrected chi connectivity index (χ1v) is 5.07. The van der Waals surface area contributed by atoms with Gasteiger partial charge in [-0.15, -0.1) is 0 Å². The van der Waals surface area contributed by atoms with Crippen molar-refractivity contribution in [1.82, 2.24) is 5.32 Å². The third-order valence-corrected chi connectivity index (χ3v) is 2.25. The lowest BCUT2D eigenvalue weighted by molar-refractivity contribution is -0.117. The number of carbonyl (C=O) groups is 1. The van der Waals surface area contributed by atoms with E-state index in [-0.39, 0.29) is 24.3 Å². The van der Waals surface area contributed by atoms with Gasteiger partial charge < -0.3 is 5.32 Å². The summed E-state index contributed by atoms with van der Waals surface area (Å²) in [4.78, 5) is 11.4. The third-order valence-electron chi connectivity index (χ3n) is 2.25. The fourth-order valence-electron chi connectivity index (χ4n) is 1.57. The number of halogens is 2. The molecule has 0 aromatic heterocycles. The first-order valence-electron chi connectivity index (χ1n) is 5.07. The minimum atomic E-state index is -2.91. The molecule has 2 nitrogen and oxygen atoms in total. The Bertz CT molecular complexity index is 372. The Kier molecular flexibility index (Phi) is 4.12. The van der Waals surface area contributed by atoms with Crippen molar-refractivity contribution in [3.8, 4) is 0 Å². The van der Waals surface area contributed by atoms with Crippen molar-refractivity contribution in [2.75, 3.05) is 13.6 Å². The van der Waals surface area contributed by atoms with Gasteiger partial charge in [-0.25, -0.2) is 8.78 Å². The van der Waals surface area contributed by atoms with Crippen molar-refractivity contribution in [3.63, 3.8) is 0 Å².